The number of carbonyl (C=O) groups is 2. The van der Waals surface area contributed by atoms with Gasteiger partial charge in [-0.3, -0.25) is 14.4 Å². The molecule has 1 aliphatic heterocycles. The number of morpholine rings is 1. The van der Waals surface area contributed by atoms with Gasteiger partial charge in [-0.05, 0) is 30.3 Å². The molecule has 0 unspecified atom stereocenters. The van der Waals surface area contributed by atoms with Gasteiger partial charge in [-0.1, -0.05) is 17.7 Å². The lowest BCUT2D eigenvalue weighted by molar-refractivity contribution is -0.117. The van der Waals surface area contributed by atoms with E-state index in [1.54, 1.807) is 4.90 Å². The SMILES string of the molecule is N#Cc1cc(C(=O)N2CCOCC2)cc(NC(=O)Cn2nc(-c3ccc(Cl)c(F)c3)ccc2=O)n1. The minimum Gasteiger partial charge on any atom is -0.378 e. The molecule has 1 fully saturated rings. The second-order valence-electron chi connectivity index (χ2n) is 7.53. The van der Waals surface area contributed by atoms with Crippen molar-refractivity contribution in [2.45, 2.75) is 6.54 Å². The third-order valence-electron chi connectivity index (χ3n) is 5.13. The zero-order valence-corrected chi connectivity index (χ0v) is 19.0. The average Bonchev–Trinajstić information content (AvgIpc) is 2.86. The molecule has 0 radical (unpaired) electrons. The van der Waals surface area contributed by atoms with Crippen LogP contribution in [0.25, 0.3) is 11.3 Å². The van der Waals surface area contributed by atoms with Crippen molar-refractivity contribution in [2.75, 3.05) is 31.6 Å². The number of aromatic nitrogens is 3. The number of hydrogen-bond donors (Lipinski definition) is 1. The summed E-state index contributed by atoms with van der Waals surface area (Å²) in [5.41, 5.74) is 0.212. The summed E-state index contributed by atoms with van der Waals surface area (Å²) in [4.78, 5) is 43.3. The van der Waals surface area contributed by atoms with E-state index in [0.717, 1.165) is 4.68 Å². The molecule has 3 aromatic rings. The van der Waals surface area contributed by atoms with Crippen LogP contribution < -0.4 is 10.9 Å². The molecule has 0 aliphatic carbocycles. The van der Waals surface area contributed by atoms with E-state index in [2.05, 4.69) is 15.4 Å². The maximum atomic E-state index is 13.8. The van der Waals surface area contributed by atoms with E-state index in [1.165, 1.54) is 42.5 Å². The van der Waals surface area contributed by atoms with E-state index in [0.29, 0.717) is 31.9 Å². The van der Waals surface area contributed by atoms with Gasteiger partial charge in [0.1, 0.15) is 29.9 Å². The van der Waals surface area contributed by atoms with Gasteiger partial charge in [0.15, 0.2) is 0 Å². The summed E-state index contributed by atoms with van der Waals surface area (Å²) in [6.45, 7) is 1.16. The molecule has 0 spiro atoms. The van der Waals surface area contributed by atoms with Crippen LogP contribution in [0.2, 0.25) is 5.02 Å². The Morgan fingerprint density at radius 1 is 1.17 bits per heavy atom. The van der Waals surface area contributed by atoms with Gasteiger partial charge in [-0.25, -0.2) is 14.1 Å². The number of nitrogens with one attached hydrogen (secondary N) is 1. The summed E-state index contributed by atoms with van der Waals surface area (Å²) < 4.78 is 20.0. The number of carbonyl (C=O) groups excluding carboxylic acids is 2. The molecule has 0 atom stereocenters. The largest absolute Gasteiger partial charge is 0.378 e. The zero-order chi connectivity index (χ0) is 24.9. The molecular weight excluding hydrogens is 479 g/mol. The van der Waals surface area contributed by atoms with Gasteiger partial charge in [0.2, 0.25) is 5.91 Å². The van der Waals surface area contributed by atoms with E-state index in [9.17, 15) is 24.0 Å². The molecule has 10 nitrogen and oxygen atoms in total. The van der Waals surface area contributed by atoms with Crippen molar-refractivity contribution in [1.29, 1.82) is 5.26 Å². The number of benzene rings is 1. The van der Waals surface area contributed by atoms with Gasteiger partial charge in [0.05, 0.1) is 23.9 Å². The second-order valence-corrected chi connectivity index (χ2v) is 7.94. The Morgan fingerprint density at radius 3 is 2.66 bits per heavy atom. The predicted molar refractivity (Wildman–Crippen MR) is 123 cm³/mol. The predicted octanol–water partition coefficient (Wildman–Crippen LogP) is 2.08. The molecule has 2 aromatic heterocycles. The van der Waals surface area contributed by atoms with Crippen molar-refractivity contribution in [3.8, 4) is 17.3 Å². The number of nitriles is 1. The maximum Gasteiger partial charge on any atom is 0.267 e. The Labute approximate surface area is 203 Å². The molecule has 1 N–H and O–H groups in total. The second kappa shape index (κ2) is 10.4. The standard InChI is InChI=1S/C23H18ClFN6O4/c24-17-2-1-14(10-18(17)25)19-3-4-22(33)31(29-19)13-21(32)28-20-11-15(9-16(12-26)27-20)23(34)30-5-7-35-8-6-30/h1-4,9-11H,5-8,13H2,(H,27,28,32). The van der Waals surface area contributed by atoms with Gasteiger partial charge in [-0.15, -0.1) is 0 Å². The molecular formula is C23H18ClFN6O4. The fourth-order valence-corrected chi connectivity index (χ4v) is 3.53. The molecule has 0 bridgehead atoms. The average molecular weight is 497 g/mol. The summed E-state index contributed by atoms with van der Waals surface area (Å²) in [6.07, 6.45) is 0. The van der Waals surface area contributed by atoms with Crippen LogP contribution in [-0.4, -0.2) is 57.8 Å². The number of amides is 2. The summed E-state index contributed by atoms with van der Waals surface area (Å²) >= 11 is 5.71. The van der Waals surface area contributed by atoms with E-state index >= 15 is 0 Å². The van der Waals surface area contributed by atoms with Gasteiger partial charge in [0.25, 0.3) is 11.5 Å². The molecule has 2 amide bonds. The van der Waals surface area contributed by atoms with Crippen LogP contribution in [0.3, 0.4) is 0 Å². The Morgan fingerprint density at radius 2 is 1.94 bits per heavy atom. The zero-order valence-electron chi connectivity index (χ0n) is 18.2. The number of halogens is 2. The van der Waals surface area contributed by atoms with Crippen LogP contribution in [0.1, 0.15) is 16.1 Å². The number of anilines is 1. The monoisotopic (exact) mass is 496 g/mol. The van der Waals surface area contributed by atoms with Gasteiger partial charge in [-0.2, -0.15) is 10.4 Å². The number of pyridine rings is 1. The number of hydrogen-bond acceptors (Lipinski definition) is 7. The maximum absolute atomic E-state index is 13.8. The van der Waals surface area contributed by atoms with Gasteiger partial charge in [0, 0.05) is 30.3 Å². The first-order valence-corrected chi connectivity index (χ1v) is 10.8. The highest BCUT2D eigenvalue weighted by Gasteiger charge is 2.20. The van der Waals surface area contributed by atoms with Gasteiger partial charge >= 0.3 is 0 Å². The van der Waals surface area contributed by atoms with E-state index in [1.807, 2.05) is 6.07 Å². The van der Waals surface area contributed by atoms with Crippen molar-refractivity contribution in [2.24, 2.45) is 0 Å². The fraction of sp³-hybridized carbons (Fsp3) is 0.217. The van der Waals surface area contributed by atoms with E-state index in [-0.39, 0.29) is 33.7 Å². The summed E-state index contributed by atoms with van der Waals surface area (Å²) in [5.74, 6) is -1.64. The van der Waals surface area contributed by atoms with Crippen LogP contribution in [0.4, 0.5) is 10.2 Å². The summed E-state index contributed by atoms with van der Waals surface area (Å²) in [5, 5.41) is 15.9. The van der Waals surface area contributed by atoms with Crippen LogP contribution >= 0.6 is 11.6 Å². The highest BCUT2D eigenvalue weighted by atomic mass is 35.5. The third kappa shape index (κ3) is 5.68. The van der Waals surface area contributed by atoms with Crippen LogP contribution in [-0.2, 0) is 16.1 Å². The van der Waals surface area contributed by atoms with Crippen molar-refractivity contribution in [3.63, 3.8) is 0 Å². The van der Waals surface area contributed by atoms with Gasteiger partial charge < -0.3 is 15.0 Å². The number of nitrogens with zero attached hydrogens (tertiary/aromatic N) is 5. The molecule has 12 heteroatoms. The summed E-state index contributed by atoms with van der Waals surface area (Å²) in [7, 11) is 0. The Balaban J connectivity index is 1.53. The summed E-state index contributed by atoms with van der Waals surface area (Å²) in [6, 6.07) is 11.2. The lowest BCUT2D eigenvalue weighted by Gasteiger charge is -2.27. The molecule has 35 heavy (non-hydrogen) atoms. The smallest absolute Gasteiger partial charge is 0.267 e. The van der Waals surface area contributed by atoms with Crippen molar-refractivity contribution >= 4 is 29.2 Å². The first kappa shape index (κ1) is 24.0. The first-order chi connectivity index (χ1) is 16.8. The van der Waals surface area contributed by atoms with E-state index in [4.69, 9.17) is 16.3 Å². The molecule has 4 rings (SSSR count). The Hall–Kier alpha value is -4.14. The minimum absolute atomic E-state index is 0.0189. The number of rotatable bonds is 5. The first-order valence-electron chi connectivity index (χ1n) is 10.5. The van der Waals surface area contributed by atoms with Crippen LogP contribution in [0.15, 0.2) is 47.3 Å². The molecule has 178 valence electrons. The molecule has 0 saturated carbocycles. The van der Waals surface area contributed by atoms with Crippen molar-refractivity contribution in [1.82, 2.24) is 19.7 Å². The molecule has 1 aliphatic rings. The Bertz CT molecular complexity index is 1400. The van der Waals surface area contributed by atoms with Crippen molar-refractivity contribution in [3.05, 3.63) is 74.9 Å². The fourth-order valence-electron chi connectivity index (χ4n) is 3.41. The lowest BCUT2D eigenvalue weighted by Crippen LogP contribution is -2.40. The number of ether oxygens (including phenoxy) is 1. The van der Waals surface area contributed by atoms with Crippen LogP contribution in [0, 0.1) is 17.1 Å². The van der Waals surface area contributed by atoms with Crippen LogP contribution in [0.5, 0.6) is 0 Å². The topological polar surface area (TPSA) is 130 Å². The Kier molecular flexibility index (Phi) is 7.14. The lowest BCUT2D eigenvalue weighted by atomic mass is 10.1. The quantitative estimate of drug-likeness (QED) is 0.572. The third-order valence-corrected chi connectivity index (χ3v) is 5.43. The molecule has 1 aromatic carbocycles. The highest BCUT2D eigenvalue weighted by Crippen LogP contribution is 2.22. The molecule has 3 heterocycles. The normalized spacial score (nSPS) is 13.2. The minimum atomic E-state index is -0.661. The molecule has 1 saturated heterocycles. The van der Waals surface area contributed by atoms with E-state index < -0.39 is 23.8 Å². The van der Waals surface area contributed by atoms with Crippen molar-refractivity contribution < 1.29 is 18.7 Å². The highest BCUT2D eigenvalue weighted by molar-refractivity contribution is 6.30.